The monoisotopic (exact) mass is 308 g/mol. The summed E-state index contributed by atoms with van der Waals surface area (Å²) in [7, 11) is 0. The van der Waals surface area contributed by atoms with Crippen LogP contribution in [0.1, 0.15) is 42.8 Å². The topological polar surface area (TPSA) is 0 Å². The average Bonchev–Trinajstić information content (AvgIpc) is 2.41. The van der Waals surface area contributed by atoms with Crippen LogP contribution in [-0.2, 0) is 11.8 Å². The summed E-state index contributed by atoms with van der Waals surface area (Å²) in [4.78, 5) is 0. The summed E-state index contributed by atoms with van der Waals surface area (Å²) in [6.45, 7) is 6.36. The molecular formula is C18H19ClF2. The summed E-state index contributed by atoms with van der Waals surface area (Å²) < 4.78 is 26.7. The maximum atomic E-state index is 13.8. The molecule has 21 heavy (non-hydrogen) atoms. The normalized spacial score (nSPS) is 13.2. The van der Waals surface area contributed by atoms with Gasteiger partial charge in [-0.3, -0.25) is 0 Å². The fourth-order valence-corrected chi connectivity index (χ4v) is 2.80. The van der Waals surface area contributed by atoms with Crippen LogP contribution in [0.5, 0.6) is 0 Å². The van der Waals surface area contributed by atoms with E-state index in [1.165, 1.54) is 12.1 Å². The molecule has 0 saturated carbocycles. The van der Waals surface area contributed by atoms with E-state index in [-0.39, 0.29) is 10.8 Å². The van der Waals surface area contributed by atoms with Gasteiger partial charge in [0.1, 0.15) is 11.6 Å². The van der Waals surface area contributed by atoms with Crippen LogP contribution >= 0.6 is 11.6 Å². The van der Waals surface area contributed by atoms with E-state index in [0.29, 0.717) is 12.0 Å². The molecule has 0 fully saturated rings. The lowest BCUT2D eigenvalue weighted by atomic mass is 9.82. The second-order valence-electron chi connectivity index (χ2n) is 6.24. The van der Waals surface area contributed by atoms with Crippen molar-refractivity contribution in [3.63, 3.8) is 0 Å². The fourth-order valence-electron chi connectivity index (χ4n) is 2.44. The molecule has 2 aromatic rings. The molecule has 0 amide bonds. The first kappa shape index (κ1) is 16.0. The van der Waals surface area contributed by atoms with Crippen LogP contribution in [0.15, 0.2) is 42.5 Å². The van der Waals surface area contributed by atoms with Crippen LogP contribution in [0.25, 0.3) is 0 Å². The molecule has 0 heterocycles. The molecule has 3 heteroatoms. The SMILES string of the molecule is CC(C)(C)c1ccccc1C(Cl)Cc1ccc(F)cc1F. The highest BCUT2D eigenvalue weighted by atomic mass is 35.5. The Morgan fingerprint density at radius 3 is 2.33 bits per heavy atom. The van der Waals surface area contributed by atoms with Crippen molar-refractivity contribution in [2.24, 2.45) is 0 Å². The Morgan fingerprint density at radius 2 is 1.71 bits per heavy atom. The molecule has 0 radical (unpaired) electrons. The van der Waals surface area contributed by atoms with Crippen LogP contribution < -0.4 is 0 Å². The van der Waals surface area contributed by atoms with Gasteiger partial charge >= 0.3 is 0 Å². The zero-order chi connectivity index (χ0) is 15.6. The van der Waals surface area contributed by atoms with Gasteiger partial charge < -0.3 is 0 Å². The summed E-state index contributed by atoms with van der Waals surface area (Å²) in [5, 5.41) is -0.347. The lowest BCUT2D eigenvalue weighted by Gasteiger charge is -2.25. The van der Waals surface area contributed by atoms with Crippen molar-refractivity contribution < 1.29 is 8.78 Å². The van der Waals surface area contributed by atoms with E-state index in [2.05, 4.69) is 20.8 Å². The molecule has 0 saturated heterocycles. The highest BCUT2D eigenvalue weighted by molar-refractivity contribution is 6.21. The quantitative estimate of drug-likeness (QED) is 0.630. The third-order valence-electron chi connectivity index (χ3n) is 3.52. The van der Waals surface area contributed by atoms with Gasteiger partial charge in [-0.2, -0.15) is 0 Å². The smallest absolute Gasteiger partial charge is 0.129 e. The molecule has 0 spiro atoms. The van der Waals surface area contributed by atoms with E-state index >= 15 is 0 Å². The maximum Gasteiger partial charge on any atom is 0.129 e. The average molecular weight is 309 g/mol. The first-order valence-electron chi connectivity index (χ1n) is 6.96. The lowest BCUT2D eigenvalue weighted by molar-refractivity contribution is 0.566. The van der Waals surface area contributed by atoms with Crippen LogP contribution in [0.2, 0.25) is 0 Å². The van der Waals surface area contributed by atoms with Gasteiger partial charge in [0, 0.05) is 6.07 Å². The predicted molar refractivity (Wildman–Crippen MR) is 83.8 cm³/mol. The Bertz CT molecular complexity index is 629. The summed E-state index contributed by atoms with van der Waals surface area (Å²) in [5.74, 6) is -1.12. The van der Waals surface area contributed by atoms with Crippen molar-refractivity contribution in [2.45, 2.75) is 38.0 Å². The Balaban J connectivity index is 2.31. The Labute approximate surface area is 129 Å². The van der Waals surface area contributed by atoms with Crippen molar-refractivity contribution in [1.82, 2.24) is 0 Å². The van der Waals surface area contributed by atoms with Crippen molar-refractivity contribution in [2.75, 3.05) is 0 Å². The summed E-state index contributed by atoms with van der Waals surface area (Å²) in [5.41, 5.74) is 2.54. The molecule has 1 atom stereocenters. The fraction of sp³-hybridized carbons (Fsp3) is 0.333. The maximum absolute atomic E-state index is 13.8. The third kappa shape index (κ3) is 3.82. The van der Waals surface area contributed by atoms with Crippen LogP contribution in [0.3, 0.4) is 0 Å². The molecule has 0 aliphatic carbocycles. The molecule has 0 nitrogen and oxygen atoms in total. The Morgan fingerprint density at radius 1 is 1.05 bits per heavy atom. The van der Waals surface area contributed by atoms with E-state index in [0.717, 1.165) is 17.2 Å². The molecular weight excluding hydrogens is 290 g/mol. The summed E-state index contributed by atoms with van der Waals surface area (Å²) in [6.07, 6.45) is 0.334. The third-order valence-corrected chi connectivity index (χ3v) is 3.91. The molecule has 0 N–H and O–H groups in total. The van der Waals surface area contributed by atoms with E-state index < -0.39 is 11.6 Å². The predicted octanol–water partition coefficient (Wildman–Crippen LogP) is 5.78. The van der Waals surface area contributed by atoms with Crippen LogP contribution in [0, 0.1) is 11.6 Å². The largest absolute Gasteiger partial charge is 0.207 e. The second kappa shape index (κ2) is 6.15. The van der Waals surface area contributed by atoms with Crippen molar-refractivity contribution in [3.8, 4) is 0 Å². The van der Waals surface area contributed by atoms with Crippen molar-refractivity contribution in [3.05, 3.63) is 70.8 Å². The molecule has 0 aliphatic rings. The van der Waals surface area contributed by atoms with Gasteiger partial charge in [0.2, 0.25) is 0 Å². The first-order valence-corrected chi connectivity index (χ1v) is 7.40. The van der Waals surface area contributed by atoms with Crippen LogP contribution in [-0.4, -0.2) is 0 Å². The highest BCUT2D eigenvalue weighted by Gasteiger charge is 2.22. The molecule has 1 unspecified atom stereocenters. The Hall–Kier alpha value is -1.41. The lowest BCUT2D eigenvalue weighted by Crippen LogP contribution is -2.15. The molecule has 0 aromatic heterocycles. The zero-order valence-corrected chi connectivity index (χ0v) is 13.2. The number of alkyl halides is 1. The van der Waals surface area contributed by atoms with Gasteiger partial charge in [-0.05, 0) is 34.6 Å². The van der Waals surface area contributed by atoms with Crippen molar-refractivity contribution in [1.29, 1.82) is 0 Å². The van der Waals surface area contributed by atoms with E-state index in [4.69, 9.17) is 11.6 Å². The van der Waals surface area contributed by atoms with Crippen molar-refractivity contribution >= 4 is 11.6 Å². The zero-order valence-electron chi connectivity index (χ0n) is 12.5. The van der Waals surface area contributed by atoms with Gasteiger partial charge in [-0.25, -0.2) is 8.78 Å². The van der Waals surface area contributed by atoms with Gasteiger partial charge in [0.15, 0.2) is 0 Å². The van der Waals surface area contributed by atoms with Gasteiger partial charge in [0.05, 0.1) is 5.38 Å². The van der Waals surface area contributed by atoms with Crippen LogP contribution in [0.4, 0.5) is 8.78 Å². The number of hydrogen-bond donors (Lipinski definition) is 0. The number of halogens is 3. The second-order valence-corrected chi connectivity index (χ2v) is 6.77. The van der Waals surface area contributed by atoms with Gasteiger partial charge in [0.25, 0.3) is 0 Å². The molecule has 0 aliphatic heterocycles. The van der Waals surface area contributed by atoms with E-state index in [1.807, 2.05) is 24.3 Å². The minimum Gasteiger partial charge on any atom is -0.207 e. The standard InChI is InChI=1S/C18H19ClF2/c1-18(2,3)15-7-5-4-6-14(15)16(19)10-12-8-9-13(20)11-17(12)21/h4-9,11,16H,10H2,1-3H3. The number of rotatable bonds is 3. The van der Waals surface area contributed by atoms with E-state index in [1.54, 1.807) is 0 Å². The minimum atomic E-state index is -0.572. The summed E-state index contributed by atoms with van der Waals surface area (Å²) in [6, 6.07) is 11.5. The number of hydrogen-bond acceptors (Lipinski definition) is 0. The van der Waals surface area contributed by atoms with E-state index in [9.17, 15) is 8.78 Å². The number of benzene rings is 2. The first-order chi connectivity index (χ1) is 9.79. The summed E-state index contributed by atoms with van der Waals surface area (Å²) >= 11 is 6.50. The Kier molecular flexibility index (Phi) is 4.67. The van der Waals surface area contributed by atoms with Gasteiger partial charge in [-0.15, -0.1) is 11.6 Å². The minimum absolute atomic E-state index is 0.0366. The highest BCUT2D eigenvalue weighted by Crippen LogP contribution is 2.34. The molecule has 0 bridgehead atoms. The van der Waals surface area contributed by atoms with Gasteiger partial charge in [-0.1, -0.05) is 51.1 Å². The molecule has 2 aromatic carbocycles. The molecule has 112 valence electrons. The molecule has 2 rings (SSSR count).